The number of rotatable bonds is 7. The van der Waals surface area contributed by atoms with Gasteiger partial charge in [0.15, 0.2) is 0 Å². The van der Waals surface area contributed by atoms with Crippen LogP contribution < -0.4 is 0 Å². The van der Waals surface area contributed by atoms with E-state index in [9.17, 15) is 0 Å². The summed E-state index contributed by atoms with van der Waals surface area (Å²) in [5.41, 5.74) is 16.3. The van der Waals surface area contributed by atoms with Crippen LogP contribution in [0.5, 0.6) is 0 Å². The average Bonchev–Trinajstić information content (AvgIpc) is 3.89. The zero-order valence-corrected chi connectivity index (χ0v) is 31.6. The molecular weight excluding hydrogens is 705 g/mol. The Kier molecular flexibility index (Phi) is 8.11. The third-order valence-electron chi connectivity index (χ3n) is 11.1. The lowest BCUT2D eigenvalue weighted by Crippen LogP contribution is -1.97. The second-order valence-corrected chi connectivity index (χ2v) is 14.7. The minimum Gasteiger partial charge on any atom is -0.299 e. The van der Waals surface area contributed by atoms with E-state index in [1.165, 1.54) is 21.9 Å². The highest BCUT2D eigenvalue weighted by Crippen LogP contribution is 2.39. The lowest BCUT2D eigenvalue weighted by Gasteiger charge is -2.14. The Morgan fingerprint density at radius 3 is 1.86 bits per heavy atom. The molecule has 0 radical (unpaired) electrons. The molecule has 0 spiro atoms. The first-order valence-electron chi connectivity index (χ1n) is 19.7. The second-order valence-electron chi connectivity index (χ2n) is 14.7. The van der Waals surface area contributed by atoms with Gasteiger partial charge in [0.05, 0.1) is 22.4 Å². The van der Waals surface area contributed by atoms with Crippen LogP contribution in [0.25, 0.3) is 100 Å². The van der Waals surface area contributed by atoms with E-state index in [0.29, 0.717) is 0 Å². The Balaban J connectivity index is 1.06. The number of fused-ring (bicyclic) bond motifs is 3. The molecule has 0 fully saturated rings. The van der Waals surface area contributed by atoms with E-state index in [1.807, 2.05) is 6.07 Å². The van der Waals surface area contributed by atoms with Crippen LogP contribution >= 0.6 is 0 Å². The van der Waals surface area contributed by atoms with Crippen LogP contribution in [0.3, 0.4) is 0 Å². The largest absolute Gasteiger partial charge is 0.299 e. The molecule has 58 heavy (non-hydrogen) atoms. The molecule has 3 heterocycles. The molecule has 0 atom stereocenters. The van der Waals surface area contributed by atoms with Gasteiger partial charge in [0.25, 0.3) is 0 Å². The highest BCUT2D eigenvalue weighted by Gasteiger charge is 2.18. The first kappa shape index (κ1) is 33.5. The predicted octanol–water partition coefficient (Wildman–Crippen LogP) is 13.8. The lowest BCUT2D eigenvalue weighted by molar-refractivity contribution is 1.10. The van der Waals surface area contributed by atoms with E-state index in [4.69, 9.17) is 9.97 Å². The summed E-state index contributed by atoms with van der Waals surface area (Å²) in [7, 11) is 0. The summed E-state index contributed by atoms with van der Waals surface area (Å²) in [5.74, 6) is 0.914. The molecule has 11 aromatic rings. The van der Waals surface area contributed by atoms with E-state index in [-0.39, 0.29) is 0 Å². The number of imidazole rings is 2. The van der Waals surface area contributed by atoms with Crippen molar-refractivity contribution in [3.63, 3.8) is 0 Å². The standard InChI is InChI=1S/C54H36N4/c1-3-16-40(17-4-1)53-52(56-51-27-11-12-32-57(51)53)39-30-28-37(29-31-39)43-34-44(36-45(35-43)48-24-14-18-38-15-7-8-23-47(38)48)41-19-13-20-42(33-41)54-55-49-25-9-10-26-50(49)58(54)46-21-5-2-6-22-46/h1-36H. The van der Waals surface area contributed by atoms with Crippen LogP contribution in [0.15, 0.2) is 219 Å². The van der Waals surface area contributed by atoms with Crippen molar-refractivity contribution in [2.45, 2.75) is 0 Å². The zero-order valence-electron chi connectivity index (χ0n) is 31.6. The number of para-hydroxylation sites is 3. The third kappa shape index (κ3) is 5.87. The molecule has 8 aromatic carbocycles. The van der Waals surface area contributed by atoms with Crippen molar-refractivity contribution in [2.75, 3.05) is 0 Å². The SMILES string of the molecule is c1ccc(-c2c(-c3ccc(-c4cc(-c5cccc(-c6nc7ccccc7n6-c6ccccc6)c5)cc(-c5cccc6ccccc56)c4)cc3)nc3ccccn23)cc1. The maximum absolute atomic E-state index is 5.19. The summed E-state index contributed by atoms with van der Waals surface area (Å²) in [6.07, 6.45) is 2.09. The van der Waals surface area contributed by atoms with Gasteiger partial charge in [0.1, 0.15) is 11.5 Å². The number of pyridine rings is 1. The molecule has 3 aromatic heterocycles. The number of hydrogen-bond donors (Lipinski definition) is 0. The monoisotopic (exact) mass is 740 g/mol. The molecular formula is C54H36N4. The van der Waals surface area contributed by atoms with E-state index in [1.54, 1.807) is 0 Å². The fourth-order valence-electron chi connectivity index (χ4n) is 8.38. The van der Waals surface area contributed by atoms with E-state index in [2.05, 4.69) is 221 Å². The number of nitrogens with zero attached hydrogens (tertiary/aromatic N) is 4. The first-order valence-corrected chi connectivity index (χ1v) is 19.7. The summed E-state index contributed by atoms with van der Waals surface area (Å²) < 4.78 is 4.45. The highest BCUT2D eigenvalue weighted by atomic mass is 15.1. The average molecular weight is 741 g/mol. The van der Waals surface area contributed by atoms with Crippen LogP contribution in [-0.2, 0) is 0 Å². The second kappa shape index (κ2) is 14.0. The van der Waals surface area contributed by atoms with Crippen LogP contribution in [0, 0.1) is 0 Å². The number of aromatic nitrogens is 4. The van der Waals surface area contributed by atoms with Crippen molar-refractivity contribution in [3.05, 3.63) is 219 Å². The van der Waals surface area contributed by atoms with Crippen LogP contribution in [0.2, 0.25) is 0 Å². The van der Waals surface area contributed by atoms with Crippen LogP contribution in [0.4, 0.5) is 0 Å². The Bertz CT molecular complexity index is 3260. The number of benzene rings is 8. The number of hydrogen-bond acceptors (Lipinski definition) is 2. The van der Waals surface area contributed by atoms with Gasteiger partial charge in [0, 0.05) is 28.6 Å². The van der Waals surface area contributed by atoms with Crippen molar-refractivity contribution in [1.29, 1.82) is 0 Å². The molecule has 0 saturated carbocycles. The fraction of sp³-hybridized carbons (Fsp3) is 0. The van der Waals surface area contributed by atoms with Gasteiger partial charge in [-0.05, 0) is 105 Å². The van der Waals surface area contributed by atoms with Gasteiger partial charge in [-0.15, -0.1) is 0 Å². The predicted molar refractivity (Wildman–Crippen MR) is 240 cm³/mol. The van der Waals surface area contributed by atoms with Crippen LogP contribution in [-0.4, -0.2) is 18.9 Å². The molecule has 0 aliphatic carbocycles. The van der Waals surface area contributed by atoms with Gasteiger partial charge >= 0.3 is 0 Å². The Hall–Kier alpha value is -7.82. The smallest absolute Gasteiger partial charge is 0.145 e. The molecule has 0 bridgehead atoms. The van der Waals surface area contributed by atoms with Crippen molar-refractivity contribution in [2.24, 2.45) is 0 Å². The van der Waals surface area contributed by atoms with Crippen molar-refractivity contribution in [3.8, 4) is 73.0 Å². The fourth-order valence-corrected chi connectivity index (χ4v) is 8.38. The molecule has 0 aliphatic heterocycles. The molecule has 11 rings (SSSR count). The Labute approximate surface area is 336 Å². The summed E-state index contributed by atoms with van der Waals surface area (Å²) in [5, 5.41) is 2.45. The molecule has 0 aliphatic rings. The third-order valence-corrected chi connectivity index (χ3v) is 11.1. The first-order chi connectivity index (χ1) is 28.7. The summed E-state index contributed by atoms with van der Waals surface area (Å²) >= 11 is 0. The zero-order chi connectivity index (χ0) is 38.4. The molecule has 0 N–H and O–H groups in total. The van der Waals surface area contributed by atoms with Crippen molar-refractivity contribution in [1.82, 2.24) is 18.9 Å². The molecule has 0 unspecified atom stereocenters. The van der Waals surface area contributed by atoms with Gasteiger partial charge in [-0.1, -0.05) is 152 Å². The van der Waals surface area contributed by atoms with Crippen LogP contribution in [0.1, 0.15) is 0 Å². The molecule has 0 saturated heterocycles. The van der Waals surface area contributed by atoms with Gasteiger partial charge in [-0.2, -0.15) is 0 Å². The van der Waals surface area contributed by atoms with Crippen molar-refractivity contribution < 1.29 is 0 Å². The normalized spacial score (nSPS) is 11.4. The van der Waals surface area contributed by atoms with Gasteiger partial charge < -0.3 is 0 Å². The molecule has 4 nitrogen and oxygen atoms in total. The maximum atomic E-state index is 5.19. The van der Waals surface area contributed by atoms with E-state index < -0.39 is 0 Å². The Morgan fingerprint density at radius 1 is 0.379 bits per heavy atom. The molecule has 4 heteroatoms. The maximum Gasteiger partial charge on any atom is 0.145 e. The molecule has 0 amide bonds. The minimum absolute atomic E-state index is 0.914. The highest BCUT2D eigenvalue weighted by molar-refractivity contribution is 5.98. The topological polar surface area (TPSA) is 35.1 Å². The minimum atomic E-state index is 0.914. The van der Waals surface area contributed by atoms with Gasteiger partial charge in [-0.25, -0.2) is 9.97 Å². The van der Waals surface area contributed by atoms with E-state index in [0.717, 1.165) is 78.5 Å². The summed E-state index contributed by atoms with van der Waals surface area (Å²) in [6, 6.07) is 75.5. The molecule has 272 valence electrons. The van der Waals surface area contributed by atoms with Gasteiger partial charge in [0.2, 0.25) is 0 Å². The van der Waals surface area contributed by atoms with Gasteiger partial charge in [-0.3, -0.25) is 8.97 Å². The lowest BCUT2D eigenvalue weighted by atomic mass is 9.90. The summed E-state index contributed by atoms with van der Waals surface area (Å²) in [6.45, 7) is 0. The quantitative estimate of drug-likeness (QED) is 0.163. The summed E-state index contributed by atoms with van der Waals surface area (Å²) in [4.78, 5) is 10.3. The Morgan fingerprint density at radius 2 is 1.00 bits per heavy atom. The van der Waals surface area contributed by atoms with Crippen molar-refractivity contribution >= 4 is 27.5 Å². The van der Waals surface area contributed by atoms with E-state index >= 15 is 0 Å².